The van der Waals surface area contributed by atoms with Crippen molar-refractivity contribution >= 4 is 17.6 Å². The van der Waals surface area contributed by atoms with Gasteiger partial charge in [-0.3, -0.25) is 9.48 Å². The van der Waals surface area contributed by atoms with Crippen molar-refractivity contribution < 1.29 is 19.1 Å². The van der Waals surface area contributed by atoms with Crippen molar-refractivity contribution in [1.29, 1.82) is 0 Å². The number of amides is 1. The molecule has 1 aromatic heterocycles. The van der Waals surface area contributed by atoms with E-state index < -0.39 is 18.0 Å². The summed E-state index contributed by atoms with van der Waals surface area (Å²) in [6, 6.07) is 17.6. The van der Waals surface area contributed by atoms with E-state index in [0.29, 0.717) is 23.6 Å². The van der Waals surface area contributed by atoms with E-state index in [2.05, 4.69) is 10.4 Å². The zero-order chi connectivity index (χ0) is 22.4. The maximum Gasteiger partial charge on any atom is 0.344 e. The fraction of sp³-hybridized carbons (Fsp3) is 0.292. The second kappa shape index (κ2) is 9.93. The van der Waals surface area contributed by atoms with E-state index >= 15 is 0 Å². The minimum atomic E-state index is -0.963. The Bertz CT molecular complexity index is 1060. The SMILES string of the molecule is Cc1nn(C)c(C)c1NC(=O)[C@H](C)OC(=O)COc1ccccc1Cc1ccccc1. The van der Waals surface area contributed by atoms with Crippen molar-refractivity contribution in [3.8, 4) is 5.75 Å². The summed E-state index contributed by atoms with van der Waals surface area (Å²) in [7, 11) is 1.80. The Morgan fingerprint density at radius 3 is 2.42 bits per heavy atom. The van der Waals surface area contributed by atoms with Gasteiger partial charge in [-0.1, -0.05) is 48.5 Å². The average molecular weight is 421 g/mol. The first-order valence-corrected chi connectivity index (χ1v) is 10.1. The summed E-state index contributed by atoms with van der Waals surface area (Å²) in [5, 5.41) is 7.03. The van der Waals surface area contributed by atoms with Crippen molar-refractivity contribution in [2.45, 2.75) is 33.3 Å². The van der Waals surface area contributed by atoms with E-state index in [0.717, 1.165) is 16.8 Å². The lowest BCUT2D eigenvalue weighted by Gasteiger charge is -2.15. The summed E-state index contributed by atoms with van der Waals surface area (Å²) in [4.78, 5) is 24.7. The van der Waals surface area contributed by atoms with E-state index in [9.17, 15) is 9.59 Å². The van der Waals surface area contributed by atoms with E-state index in [-0.39, 0.29) is 6.61 Å². The number of esters is 1. The average Bonchev–Trinajstić information content (AvgIpc) is 2.99. The smallest absolute Gasteiger partial charge is 0.344 e. The quantitative estimate of drug-likeness (QED) is 0.562. The molecule has 0 aliphatic heterocycles. The van der Waals surface area contributed by atoms with Crippen LogP contribution in [0.4, 0.5) is 5.69 Å². The third-order valence-electron chi connectivity index (χ3n) is 4.99. The van der Waals surface area contributed by atoms with Crippen molar-refractivity contribution in [3.05, 3.63) is 77.1 Å². The third-order valence-corrected chi connectivity index (χ3v) is 4.99. The van der Waals surface area contributed by atoms with E-state index in [1.54, 1.807) is 18.7 Å². The second-order valence-electron chi connectivity index (χ2n) is 7.35. The zero-order valence-corrected chi connectivity index (χ0v) is 18.2. The normalized spacial score (nSPS) is 11.6. The van der Waals surface area contributed by atoms with Crippen LogP contribution in [0.2, 0.25) is 0 Å². The van der Waals surface area contributed by atoms with Gasteiger partial charge in [-0.05, 0) is 38.0 Å². The number of nitrogens with one attached hydrogen (secondary N) is 1. The molecule has 7 nitrogen and oxygen atoms in total. The molecular weight excluding hydrogens is 394 g/mol. The Morgan fingerprint density at radius 1 is 1.06 bits per heavy atom. The van der Waals surface area contributed by atoms with Gasteiger partial charge in [0.15, 0.2) is 12.7 Å². The molecule has 3 aromatic rings. The van der Waals surface area contributed by atoms with Gasteiger partial charge in [-0.15, -0.1) is 0 Å². The van der Waals surface area contributed by atoms with Crippen LogP contribution in [-0.4, -0.2) is 34.4 Å². The summed E-state index contributed by atoms with van der Waals surface area (Å²) in [6.07, 6.45) is -0.274. The topological polar surface area (TPSA) is 82.5 Å². The lowest BCUT2D eigenvalue weighted by Crippen LogP contribution is -2.32. The number of benzene rings is 2. The number of anilines is 1. The van der Waals surface area contributed by atoms with Gasteiger partial charge in [0.1, 0.15) is 5.75 Å². The molecule has 1 N–H and O–H groups in total. The first kappa shape index (κ1) is 22.1. The molecule has 162 valence electrons. The van der Waals surface area contributed by atoms with Crippen LogP contribution < -0.4 is 10.1 Å². The summed E-state index contributed by atoms with van der Waals surface area (Å²) in [5.41, 5.74) is 4.26. The molecule has 1 heterocycles. The number of carbonyl (C=O) groups excluding carboxylic acids is 2. The summed E-state index contributed by atoms with van der Waals surface area (Å²) in [6.45, 7) is 4.90. The Kier molecular flexibility index (Phi) is 7.07. The molecule has 31 heavy (non-hydrogen) atoms. The van der Waals surface area contributed by atoms with E-state index in [1.807, 2.05) is 61.5 Å². The van der Waals surface area contributed by atoms with Gasteiger partial charge in [-0.25, -0.2) is 4.79 Å². The van der Waals surface area contributed by atoms with Crippen LogP contribution in [0.1, 0.15) is 29.4 Å². The molecule has 0 bridgehead atoms. The van der Waals surface area contributed by atoms with Crippen molar-refractivity contribution in [1.82, 2.24) is 9.78 Å². The fourth-order valence-corrected chi connectivity index (χ4v) is 3.21. The van der Waals surface area contributed by atoms with Crippen LogP contribution in [-0.2, 0) is 27.8 Å². The Morgan fingerprint density at radius 2 is 1.74 bits per heavy atom. The molecule has 0 saturated carbocycles. The molecule has 0 saturated heterocycles. The van der Waals surface area contributed by atoms with Crippen LogP contribution in [0, 0.1) is 13.8 Å². The number of carbonyl (C=O) groups is 2. The molecule has 0 spiro atoms. The molecule has 1 amide bonds. The Balaban J connectivity index is 1.55. The van der Waals surface area contributed by atoms with Crippen molar-refractivity contribution in [2.24, 2.45) is 7.05 Å². The maximum absolute atomic E-state index is 12.4. The van der Waals surface area contributed by atoms with Crippen LogP contribution in [0.25, 0.3) is 0 Å². The zero-order valence-electron chi connectivity index (χ0n) is 18.2. The number of aryl methyl sites for hydroxylation is 2. The molecule has 0 unspecified atom stereocenters. The van der Waals surface area contributed by atoms with Crippen molar-refractivity contribution in [3.63, 3.8) is 0 Å². The fourth-order valence-electron chi connectivity index (χ4n) is 3.21. The highest BCUT2D eigenvalue weighted by molar-refractivity contribution is 5.96. The molecule has 0 radical (unpaired) electrons. The monoisotopic (exact) mass is 421 g/mol. The number of hydrogen-bond acceptors (Lipinski definition) is 5. The number of para-hydroxylation sites is 1. The van der Waals surface area contributed by atoms with Gasteiger partial charge >= 0.3 is 5.97 Å². The standard InChI is InChI=1S/C24H27N3O4/c1-16-23(17(2)27(4)26-16)25-24(29)18(3)31-22(28)15-30-21-13-9-8-12-20(21)14-19-10-6-5-7-11-19/h5-13,18H,14-15H2,1-4H3,(H,25,29)/t18-/m0/s1. The van der Waals surface area contributed by atoms with Crippen LogP contribution >= 0.6 is 0 Å². The number of aromatic nitrogens is 2. The number of ether oxygens (including phenoxy) is 2. The molecule has 1 atom stereocenters. The van der Waals surface area contributed by atoms with E-state index in [1.165, 1.54) is 6.92 Å². The first-order chi connectivity index (χ1) is 14.8. The third kappa shape index (κ3) is 5.72. The molecule has 7 heteroatoms. The maximum atomic E-state index is 12.4. The van der Waals surface area contributed by atoms with Crippen molar-refractivity contribution in [2.75, 3.05) is 11.9 Å². The van der Waals surface area contributed by atoms with Gasteiger partial charge in [0.2, 0.25) is 0 Å². The molecular formula is C24H27N3O4. The number of nitrogens with zero attached hydrogens (tertiary/aromatic N) is 2. The largest absolute Gasteiger partial charge is 0.482 e. The Labute approximate surface area is 182 Å². The lowest BCUT2D eigenvalue weighted by molar-refractivity contribution is -0.155. The number of hydrogen-bond donors (Lipinski definition) is 1. The predicted molar refractivity (Wildman–Crippen MR) is 118 cm³/mol. The molecule has 2 aromatic carbocycles. The summed E-state index contributed by atoms with van der Waals surface area (Å²) in [5.74, 6) is -0.421. The van der Waals surface area contributed by atoms with Crippen LogP contribution in [0.5, 0.6) is 5.75 Å². The highest BCUT2D eigenvalue weighted by Gasteiger charge is 2.21. The second-order valence-corrected chi connectivity index (χ2v) is 7.35. The molecule has 0 fully saturated rings. The highest BCUT2D eigenvalue weighted by Crippen LogP contribution is 2.22. The van der Waals surface area contributed by atoms with Gasteiger partial charge in [0, 0.05) is 13.5 Å². The molecule has 3 rings (SSSR count). The highest BCUT2D eigenvalue weighted by atomic mass is 16.6. The molecule has 0 aliphatic rings. The van der Waals surface area contributed by atoms with Gasteiger partial charge in [0.25, 0.3) is 5.91 Å². The lowest BCUT2D eigenvalue weighted by atomic mass is 10.0. The Hall–Kier alpha value is -3.61. The minimum Gasteiger partial charge on any atom is -0.482 e. The predicted octanol–water partition coefficient (Wildman–Crippen LogP) is 3.58. The van der Waals surface area contributed by atoms with Crippen LogP contribution in [0.15, 0.2) is 54.6 Å². The van der Waals surface area contributed by atoms with E-state index in [4.69, 9.17) is 9.47 Å². The number of rotatable bonds is 8. The molecule has 0 aliphatic carbocycles. The van der Waals surface area contributed by atoms with Gasteiger partial charge < -0.3 is 14.8 Å². The summed E-state index contributed by atoms with van der Waals surface area (Å²) < 4.78 is 12.6. The summed E-state index contributed by atoms with van der Waals surface area (Å²) >= 11 is 0. The minimum absolute atomic E-state index is 0.283. The first-order valence-electron chi connectivity index (χ1n) is 10.1. The van der Waals surface area contributed by atoms with Gasteiger partial charge in [0.05, 0.1) is 17.1 Å². The van der Waals surface area contributed by atoms with Crippen LogP contribution in [0.3, 0.4) is 0 Å². The van der Waals surface area contributed by atoms with Gasteiger partial charge in [-0.2, -0.15) is 5.10 Å².